The van der Waals surface area contributed by atoms with Gasteiger partial charge in [0.2, 0.25) is 5.95 Å². The van der Waals surface area contributed by atoms with Gasteiger partial charge >= 0.3 is 0 Å². The number of nitrogens with zero attached hydrogens (tertiary/aromatic N) is 4. The monoisotopic (exact) mass is 237 g/mol. The molecule has 0 spiro atoms. The highest BCUT2D eigenvalue weighted by Crippen LogP contribution is 2.28. The van der Waals surface area contributed by atoms with Crippen LogP contribution in [-0.2, 0) is 4.79 Å². The van der Waals surface area contributed by atoms with Gasteiger partial charge in [0.25, 0.3) is 5.70 Å². The number of hydrogen-bond acceptors (Lipinski definition) is 6. The van der Waals surface area contributed by atoms with Crippen molar-refractivity contribution in [3.63, 3.8) is 0 Å². The number of nitro groups is 1. The number of aromatic nitrogens is 3. The molecule has 0 saturated heterocycles. The van der Waals surface area contributed by atoms with E-state index in [0.717, 1.165) is 0 Å². The smallest absolute Gasteiger partial charge is 0.287 e. The van der Waals surface area contributed by atoms with Gasteiger partial charge in [-0.3, -0.25) is 14.9 Å². The third kappa shape index (κ3) is 2.01. The zero-order valence-electron chi connectivity index (χ0n) is 9.38. The number of rotatable bonds is 3. The van der Waals surface area contributed by atoms with Crippen LogP contribution in [0.2, 0.25) is 0 Å². The van der Waals surface area contributed by atoms with E-state index in [2.05, 4.69) is 15.4 Å². The van der Waals surface area contributed by atoms with Gasteiger partial charge in [0.1, 0.15) is 11.6 Å². The summed E-state index contributed by atoms with van der Waals surface area (Å²) in [4.78, 5) is 25.6. The number of Topliss-reactive ketones (excluding diaryl/α,β-unsaturated/α-hetero) is 1. The number of anilines is 1. The van der Waals surface area contributed by atoms with Crippen molar-refractivity contribution in [2.75, 3.05) is 5.32 Å². The molecule has 8 nitrogen and oxygen atoms in total. The third-order valence-electron chi connectivity index (χ3n) is 2.41. The van der Waals surface area contributed by atoms with Crippen LogP contribution in [0.1, 0.15) is 25.2 Å². The lowest BCUT2D eigenvalue weighted by molar-refractivity contribution is -0.433. The van der Waals surface area contributed by atoms with Gasteiger partial charge in [-0.05, 0) is 13.8 Å². The van der Waals surface area contributed by atoms with E-state index in [-0.39, 0.29) is 17.9 Å². The lowest BCUT2D eigenvalue weighted by Crippen LogP contribution is -2.26. The number of fused-ring (bicyclic) bond motifs is 1. The minimum Gasteiger partial charge on any atom is -0.325 e. The van der Waals surface area contributed by atoms with E-state index in [9.17, 15) is 14.9 Å². The van der Waals surface area contributed by atoms with Gasteiger partial charge < -0.3 is 5.32 Å². The van der Waals surface area contributed by atoms with Crippen molar-refractivity contribution < 1.29 is 9.72 Å². The molecule has 0 fully saturated rings. The number of allylic oxidation sites excluding steroid dienone is 1. The molecule has 1 unspecified atom stereocenters. The second kappa shape index (κ2) is 3.96. The van der Waals surface area contributed by atoms with Crippen LogP contribution in [0, 0.1) is 17.0 Å². The molecule has 1 aromatic heterocycles. The summed E-state index contributed by atoms with van der Waals surface area (Å²) in [6, 6.07) is -0.694. The molecule has 0 radical (unpaired) electrons. The van der Waals surface area contributed by atoms with Gasteiger partial charge in [0.05, 0.1) is 11.1 Å². The van der Waals surface area contributed by atoms with Crippen molar-refractivity contribution in [3.8, 4) is 0 Å². The molecule has 1 aromatic rings. The Bertz CT molecular complexity index is 519. The second-order valence-electron chi connectivity index (χ2n) is 3.82. The maximum Gasteiger partial charge on any atom is 0.287 e. The molecule has 2 heterocycles. The molecule has 90 valence electrons. The second-order valence-corrected chi connectivity index (χ2v) is 3.82. The zero-order chi connectivity index (χ0) is 12.6. The van der Waals surface area contributed by atoms with E-state index < -0.39 is 11.0 Å². The van der Waals surface area contributed by atoms with E-state index in [1.54, 1.807) is 6.92 Å². The summed E-state index contributed by atoms with van der Waals surface area (Å²) in [5, 5.41) is 17.6. The fourth-order valence-corrected chi connectivity index (χ4v) is 1.74. The predicted molar refractivity (Wildman–Crippen MR) is 57.8 cm³/mol. The van der Waals surface area contributed by atoms with Crippen molar-refractivity contribution in [2.24, 2.45) is 0 Å². The summed E-state index contributed by atoms with van der Waals surface area (Å²) in [6.45, 7) is 3.08. The Hall–Kier alpha value is -2.25. The summed E-state index contributed by atoms with van der Waals surface area (Å²) in [5.74, 6) is 0.780. The van der Waals surface area contributed by atoms with Gasteiger partial charge in [0, 0.05) is 6.42 Å². The average molecular weight is 237 g/mol. The van der Waals surface area contributed by atoms with Crippen LogP contribution < -0.4 is 5.32 Å². The minimum atomic E-state index is -0.694. The molecule has 1 N–H and O–H groups in total. The largest absolute Gasteiger partial charge is 0.325 e. The van der Waals surface area contributed by atoms with E-state index in [1.807, 2.05) is 0 Å². The van der Waals surface area contributed by atoms with Crippen LogP contribution in [0.4, 0.5) is 5.95 Å². The zero-order valence-corrected chi connectivity index (χ0v) is 9.38. The van der Waals surface area contributed by atoms with Crippen LogP contribution in [-0.4, -0.2) is 25.5 Å². The van der Waals surface area contributed by atoms with Crippen LogP contribution in [0.25, 0.3) is 0 Å². The number of ketones is 1. The fraction of sp³-hybridized carbons (Fsp3) is 0.444. The van der Waals surface area contributed by atoms with Crippen LogP contribution in [0.15, 0.2) is 11.9 Å². The molecule has 8 heteroatoms. The van der Waals surface area contributed by atoms with Crippen molar-refractivity contribution in [3.05, 3.63) is 27.8 Å². The Kier molecular flexibility index (Phi) is 2.62. The number of aryl methyl sites for hydroxylation is 1. The summed E-state index contributed by atoms with van der Waals surface area (Å²) < 4.78 is 1.38. The van der Waals surface area contributed by atoms with E-state index in [1.165, 1.54) is 17.8 Å². The molecular weight excluding hydrogens is 226 g/mol. The summed E-state index contributed by atoms with van der Waals surface area (Å²) in [6.07, 6.45) is 1.29. The molecule has 1 aliphatic heterocycles. The normalized spacial score (nSPS) is 18.0. The predicted octanol–water partition coefficient (Wildman–Crippen LogP) is 0.650. The van der Waals surface area contributed by atoms with Gasteiger partial charge in [-0.15, -0.1) is 0 Å². The molecule has 0 bridgehead atoms. The highest BCUT2D eigenvalue weighted by molar-refractivity contribution is 5.76. The molecule has 2 rings (SSSR count). The maximum absolute atomic E-state index is 11.2. The Balaban J connectivity index is 2.43. The van der Waals surface area contributed by atoms with E-state index in [0.29, 0.717) is 11.8 Å². The average Bonchev–Trinajstić information content (AvgIpc) is 2.58. The molecule has 0 aliphatic carbocycles. The van der Waals surface area contributed by atoms with Crippen LogP contribution >= 0.6 is 0 Å². The van der Waals surface area contributed by atoms with Gasteiger partial charge in [0.15, 0.2) is 6.04 Å². The number of carbonyl (C=O) groups excluding carboxylic acids is 1. The highest BCUT2D eigenvalue weighted by atomic mass is 16.6. The summed E-state index contributed by atoms with van der Waals surface area (Å²) in [7, 11) is 0. The molecular formula is C9H11N5O3. The van der Waals surface area contributed by atoms with Gasteiger partial charge in [-0.1, -0.05) is 0 Å². The number of carbonyl (C=O) groups is 1. The molecule has 0 amide bonds. The van der Waals surface area contributed by atoms with Crippen LogP contribution in [0.3, 0.4) is 0 Å². The van der Waals surface area contributed by atoms with E-state index in [4.69, 9.17) is 0 Å². The SMILES string of the molecule is CC(=O)CC1C([N+](=O)[O-])=CNc2nc(C)nn21. The first-order valence-electron chi connectivity index (χ1n) is 5.02. The first-order chi connectivity index (χ1) is 7.99. The van der Waals surface area contributed by atoms with Gasteiger partial charge in [-0.2, -0.15) is 10.1 Å². The standard InChI is InChI=1S/C9H11N5O3/c1-5(15)3-7-8(14(16)17)4-10-9-11-6(2)12-13(7)9/h4,7H,3H2,1-2H3,(H,10,11,12). The first kappa shape index (κ1) is 11.2. The molecule has 0 saturated carbocycles. The van der Waals surface area contributed by atoms with Crippen molar-refractivity contribution in [2.45, 2.75) is 26.3 Å². The van der Waals surface area contributed by atoms with Crippen molar-refractivity contribution >= 4 is 11.7 Å². The molecule has 1 aliphatic rings. The Labute approximate surface area is 96.5 Å². The van der Waals surface area contributed by atoms with E-state index >= 15 is 0 Å². The summed E-state index contributed by atoms with van der Waals surface area (Å²) >= 11 is 0. The lowest BCUT2D eigenvalue weighted by Gasteiger charge is -2.19. The topological polar surface area (TPSA) is 103 Å². The number of nitrogens with one attached hydrogen (secondary N) is 1. The first-order valence-corrected chi connectivity index (χ1v) is 5.02. The Morgan fingerprint density at radius 1 is 1.71 bits per heavy atom. The highest BCUT2D eigenvalue weighted by Gasteiger charge is 2.34. The van der Waals surface area contributed by atoms with Crippen molar-refractivity contribution in [1.82, 2.24) is 14.8 Å². The summed E-state index contributed by atoms with van der Waals surface area (Å²) in [5.41, 5.74) is -0.0856. The van der Waals surface area contributed by atoms with Gasteiger partial charge in [-0.25, -0.2) is 4.68 Å². The number of hydrogen-bond donors (Lipinski definition) is 1. The van der Waals surface area contributed by atoms with Crippen molar-refractivity contribution in [1.29, 1.82) is 0 Å². The quantitative estimate of drug-likeness (QED) is 0.611. The molecule has 17 heavy (non-hydrogen) atoms. The molecule has 1 atom stereocenters. The lowest BCUT2D eigenvalue weighted by atomic mass is 10.1. The minimum absolute atomic E-state index is 0.0320. The Morgan fingerprint density at radius 2 is 2.41 bits per heavy atom. The maximum atomic E-state index is 11.2. The third-order valence-corrected chi connectivity index (χ3v) is 2.41. The Morgan fingerprint density at radius 3 is 3.00 bits per heavy atom. The molecule has 0 aromatic carbocycles. The van der Waals surface area contributed by atoms with Crippen LogP contribution in [0.5, 0.6) is 0 Å². The fourth-order valence-electron chi connectivity index (χ4n) is 1.74.